The summed E-state index contributed by atoms with van der Waals surface area (Å²) in [5, 5.41) is 0. The summed E-state index contributed by atoms with van der Waals surface area (Å²) >= 11 is 5.69. The van der Waals surface area contributed by atoms with E-state index >= 15 is 0 Å². The predicted octanol–water partition coefficient (Wildman–Crippen LogP) is 1.72. The summed E-state index contributed by atoms with van der Waals surface area (Å²) in [6.07, 6.45) is 0. The maximum absolute atomic E-state index is 10.8. The molecule has 0 spiro atoms. The van der Waals surface area contributed by atoms with Gasteiger partial charge in [-0.05, 0) is 12.5 Å². The second-order valence-corrected chi connectivity index (χ2v) is 6.39. The minimum Gasteiger partial charge on any atom is -0.295 e. The van der Waals surface area contributed by atoms with E-state index < -0.39 is 8.11 Å². The zero-order valence-corrected chi connectivity index (χ0v) is 7.69. The SMILES string of the molecule is C=C(C)C(=O)C[SiH](C)Cl. The summed E-state index contributed by atoms with van der Waals surface area (Å²) in [5.41, 5.74) is 0.620. The van der Waals surface area contributed by atoms with Crippen molar-refractivity contribution in [3.05, 3.63) is 12.2 Å². The number of hydrogen-bond donors (Lipinski definition) is 0. The zero-order chi connectivity index (χ0) is 7.44. The highest BCUT2D eigenvalue weighted by Crippen LogP contribution is 2.02. The smallest absolute Gasteiger partial charge is 0.156 e. The molecule has 0 aromatic carbocycles. The van der Waals surface area contributed by atoms with Crippen LogP contribution in [0.1, 0.15) is 6.92 Å². The van der Waals surface area contributed by atoms with E-state index in [9.17, 15) is 4.79 Å². The number of rotatable bonds is 3. The third-order valence-electron chi connectivity index (χ3n) is 0.943. The van der Waals surface area contributed by atoms with E-state index in [4.69, 9.17) is 11.1 Å². The first kappa shape index (κ1) is 8.92. The van der Waals surface area contributed by atoms with Gasteiger partial charge < -0.3 is 0 Å². The monoisotopic (exact) mass is 162 g/mol. The van der Waals surface area contributed by atoms with Gasteiger partial charge in [0.15, 0.2) is 5.78 Å². The van der Waals surface area contributed by atoms with Crippen LogP contribution in [0.2, 0.25) is 12.6 Å². The van der Waals surface area contributed by atoms with Gasteiger partial charge in [0, 0.05) is 6.04 Å². The van der Waals surface area contributed by atoms with Gasteiger partial charge in [0.05, 0.1) is 0 Å². The molecule has 1 unspecified atom stereocenters. The lowest BCUT2D eigenvalue weighted by molar-refractivity contribution is -0.113. The molecule has 9 heavy (non-hydrogen) atoms. The minimum absolute atomic E-state index is 0.115. The normalized spacial score (nSPS) is 12.8. The van der Waals surface area contributed by atoms with E-state index in [0.717, 1.165) is 0 Å². The molecular weight excluding hydrogens is 152 g/mol. The lowest BCUT2D eigenvalue weighted by Crippen LogP contribution is -2.06. The van der Waals surface area contributed by atoms with Gasteiger partial charge in [-0.3, -0.25) is 4.79 Å². The van der Waals surface area contributed by atoms with Crippen molar-refractivity contribution < 1.29 is 4.79 Å². The molecule has 0 heterocycles. The number of allylic oxidation sites excluding steroid dienone is 1. The summed E-state index contributed by atoms with van der Waals surface area (Å²) in [4.78, 5) is 10.8. The Morgan fingerprint density at radius 2 is 2.22 bits per heavy atom. The Kier molecular flexibility index (Phi) is 3.82. The molecule has 0 N–H and O–H groups in total. The molecule has 0 aromatic heterocycles. The molecule has 0 bridgehead atoms. The van der Waals surface area contributed by atoms with E-state index in [0.29, 0.717) is 11.6 Å². The molecule has 52 valence electrons. The standard InChI is InChI=1S/C6H11ClOSi/c1-5(2)6(8)4-9(3)7/h9H,1,4H2,2-3H3. The van der Waals surface area contributed by atoms with Gasteiger partial charge in [-0.2, -0.15) is 11.1 Å². The molecule has 0 rings (SSSR count). The highest BCUT2D eigenvalue weighted by atomic mass is 35.6. The van der Waals surface area contributed by atoms with Crippen LogP contribution < -0.4 is 0 Å². The topological polar surface area (TPSA) is 17.1 Å². The second-order valence-electron chi connectivity index (χ2n) is 2.19. The maximum atomic E-state index is 10.8. The van der Waals surface area contributed by atoms with Crippen molar-refractivity contribution >= 4 is 25.0 Å². The summed E-state index contributed by atoms with van der Waals surface area (Å²) in [5.74, 6) is 0.115. The van der Waals surface area contributed by atoms with Crippen LogP contribution in [0, 0.1) is 0 Å². The molecule has 0 saturated carbocycles. The van der Waals surface area contributed by atoms with Gasteiger partial charge in [-0.25, -0.2) is 0 Å². The summed E-state index contributed by atoms with van der Waals surface area (Å²) in [6, 6.07) is 0.539. The Morgan fingerprint density at radius 1 is 1.78 bits per heavy atom. The molecule has 0 amide bonds. The summed E-state index contributed by atoms with van der Waals surface area (Å²) < 4.78 is 0. The molecule has 0 aliphatic heterocycles. The fourth-order valence-corrected chi connectivity index (χ4v) is 1.71. The van der Waals surface area contributed by atoms with Crippen LogP contribution in [0.4, 0.5) is 0 Å². The Labute approximate surface area is 62.0 Å². The van der Waals surface area contributed by atoms with E-state index in [1.165, 1.54) is 0 Å². The van der Waals surface area contributed by atoms with Crippen molar-refractivity contribution in [3.8, 4) is 0 Å². The lowest BCUT2D eigenvalue weighted by atomic mass is 10.2. The molecule has 1 atom stereocenters. The average Bonchev–Trinajstić information content (AvgIpc) is 1.63. The number of hydrogen-bond acceptors (Lipinski definition) is 1. The van der Waals surface area contributed by atoms with Crippen LogP contribution in [0.15, 0.2) is 12.2 Å². The van der Waals surface area contributed by atoms with Gasteiger partial charge in [-0.1, -0.05) is 13.1 Å². The van der Waals surface area contributed by atoms with Crippen LogP contribution in [0.3, 0.4) is 0 Å². The van der Waals surface area contributed by atoms with Crippen molar-refractivity contribution in [2.75, 3.05) is 0 Å². The van der Waals surface area contributed by atoms with E-state index in [1.54, 1.807) is 6.92 Å². The first-order valence-corrected chi connectivity index (χ1v) is 6.58. The van der Waals surface area contributed by atoms with E-state index in [-0.39, 0.29) is 5.78 Å². The highest BCUT2D eigenvalue weighted by molar-refractivity contribution is 7.07. The second kappa shape index (κ2) is 3.85. The molecule has 0 fully saturated rings. The fourth-order valence-electron chi connectivity index (χ4n) is 0.430. The van der Waals surface area contributed by atoms with Crippen LogP contribution in [0.5, 0.6) is 0 Å². The molecule has 3 heteroatoms. The van der Waals surface area contributed by atoms with Crippen molar-refractivity contribution in [1.29, 1.82) is 0 Å². The first-order chi connectivity index (χ1) is 4.04. The number of carbonyl (C=O) groups is 1. The van der Waals surface area contributed by atoms with Crippen LogP contribution in [-0.2, 0) is 4.79 Å². The predicted molar refractivity (Wildman–Crippen MR) is 43.5 cm³/mol. The van der Waals surface area contributed by atoms with Gasteiger partial charge in [-0.15, -0.1) is 0 Å². The van der Waals surface area contributed by atoms with Crippen LogP contribution >= 0.6 is 11.1 Å². The molecule has 0 aliphatic rings. The van der Waals surface area contributed by atoms with Crippen LogP contribution in [0.25, 0.3) is 0 Å². The summed E-state index contributed by atoms with van der Waals surface area (Å²) in [7, 11) is -1.22. The average molecular weight is 163 g/mol. The quantitative estimate of drug-likeness (QED) is 0.351. The molecule has 0 aromatic rings. The Morgan fingerprint density at radius 3 is 2.33 bits per heavy atom. The summed E-state index contributed by atoms with van der Waals surface area (Å²) in [6.45, 7) is 7.17. The van der Waals surface area contributed by atoms with Crippen molar-refractivity contribution in [3.63, 3.8) is 0 Å². The Hall–Kier alpha value is -0.0831. The number of ketones is 1. The number of Topliss-reactive ketones (excluding diaryl/α,β-unsaturated/α-hetero) is 1. The van der Waals surface area contributed by atoms with Crippen LogP contribution in [-0.4, -0.2) is 13.9 Å². The van der Waals surface area contributed by atoms with Gasteiger partial charge >= 0.3 is 0 Å². The van der Waals surface area contributed by atoms with Crippen molar-refractivity contribution in [1.82, 2.24) is 0 Å². The van der Waals surface area contributed by atoms with E-state index in [2.05, 4.69) is 6.58 Å². The molecule has 0 aliphatic carbocycles. The third kappa shape index (κ3) is 4.42. The van der Waals surface area contributed by atoms with Crippen molar-refractivity contribution in [2.45, 2.75) is 19.5 Å². The minimum atomic E-state index is -1.22. The third-order valence-corrected chi connectivity index (χ3v) is 2.34. The Bertz CT molecular complexity index is 131. The lowest BCUT2D eigenvalue weighted by Gasteiger charge is -1.97. The molecule has 1 nitrogen and oxygen atoms in total. The first-order valence-electron chi connectivity index (χ1n) is 2.87. The molecule has 0 radical (unpaired) electrons. The van der Waals surface area contributed by atoms with Crippen molar-refractivity contribution in [2.24, 2.45) is 0 Å². The highest BCUT2D eigenvalue weighted by Gasteiger charge is 2.07. The molecular formula is C6H11ClOSi. The van der Waals surface area contributed by atoms with Gasteiger partial charge in [0.1, 0.15) is 8.11 Å². The fraction of sp³-hybridized carbons (Fsp3) is 0.500. The van der Waals surface area contributed by atoms with Gasteiger partial charge in [0.2, 0.25) is 0 Å². The number of halogens is 1. The number of carbonyl (C=O) groups excluding carboxylic acids is 1. The Balaban J connectivity index is 3.65. The largest absolute Gasteiger partial charge is 0.295 e. The zero-order valence-electron chi connectivity index (χ0n) is 5.78. The van der Waals surface area contributed by atoms with E-state index in [1.807, 2.05) is 6.55 Å². The molecule has 0 saturated heterocycles. The maximum Gasteiger partial charge on any atom is 0.156 e. The van der Waals surface area contributed by atoms with Gasteiger partial charge in [0.25, 0.3) is 0 Å².